The number of nitrogens with two attached hydrogens (primary N) is 1. The van der Waals surface area contributed by atoms with Crippen LogP contribution in [0.2, 0.25) is 0 Å². The zero-order valence-corrected chi connectivity index (χ0v) is 10.0. The third kappa shape index (κ3) is 2.55. The van der Waals surface area contributed by atoms with E-state index in [0.29, 0.717) is 11.0 Å². The predicted octanol–water partition coefficient (Wildman–Crippen LogP) is 0.802. The number of nitrogen functional groups attached to an aromatic ring is 1. The molecule has 0 amide bonds. The summed E-state index contributed by atoms with van der Waals surface area (Å²) in [6.45, 7) is 0.171. The van der Waals surface area contributed by atoms with E-state index in [4.69, 9.17) is 5.73 Å². The Labute approximate surface area is 98.0 Å². The molecule has 0 saturated heterocycles. The van der Waals surface area contributed by atoms with Crippen molar-refractivity contribution in [2.75, 3.05) is 17.7 Å². The molecule has 2 N–H and O–H groups in total. The van der Waals surface area contributed by atoms with E-state index >= 15 is 0 Å². The Morgan fingerprint density at radius 1 is 1.47 bits per heavy atom. The van der Waals surface area contributed by atoms with Gasteiger partial charge in [-0.3, -0.25) is 0 Å². The Morgan fingerprint density at radius 3 is 2.82 bits per heavy atom. The fourth-order valence-electron chi connectivity index (χ4n) is 1.61. The largest absolute Gasteiger partial charge is 0.369 e. The number of nitrogens with zero attached hydrogens (tertiary/aromatic N) is 2. The number of aryl methyl sites for hydroxylation is 1. The molecule has 0 aliphatic heterocycles. The number of sulfone groups is 1. The first-order valence-electron chi connectivity index (χ1n) is 4.96. The molecule has 1 heterocycles. The molecule has 0 fully saturated rings. The van der Waals surface area contributed by atoms with Gasteiger partial charge < -0.3 is 10.3 Å². The van der Waals surface area contributed by atoms with Gasteiger partial charge in [-0.25, -0.2) is 17.8 Å². The number of halogens is 1. The first-order chi connectivity index (χ1) is 7.87. The van der Waals surface area contributed by atoms with Crippen molar-refractivity contribution in [1.29, 1.82) is 0 Å². The predicted molar refractivity (Wildman–Crippen MR) is 63.8 cm³/mol. The molecule has 0 bridgehead atoms. The minimum absolute atomic E-state index is 0.0564. The second-order valence-corrected chi connectivity index (χ2v) is 6.14. The zero-order valence-electron chi connectivity index (χ0n) is 9.22. The summed E-state index contributed by atoms with van der Waals surface area (Å²) in [5.74, 6) is -0.272. The first kappa shape index (κ1) is 11.8. The van der Waals surface area contributed by atoms with Crippen molar-refractivity contribution in [1.82, 2.24) is 9.55 Å². The van der Waals surface area contributed by atoms with E-state index in [1.54, 1.807) is 0 Å². The lowest BCUT2D eigenvalue weighted by Crippen LogP contribution is -2.13. The number of rotatable bonds is 3. The summed E-state index contributed by atoms with van der Waals surface area (Å²) in [6.07, 6.45) is 1.14. The topological polar surface area (TPSA) is 78.0 Å². The quantitative estimate of drug-likeness (QED) is 0.882. The van der Waals surface area contributed by atoms with Crippen LogP contribution in [0, 0.1) is 5.82 Å². The third-order valence-corrected chi connectivity index (χ3v) is 3.35. The van der Waals surface area contributed by atoms with Gasteiger partial charge in [0.25, 0.3) is 0 Å². The van der Waals surface area contributed by atoms with Crippen LogP contribution in [-0.2, 0) is 16.4 Å². The number of imidazole rings is 1. The smallest absolute Gasteiger partial charge is 0.201 e. The fraction of sp³-hybridized carbons (Fsp3) is 0.300. The van der Waals surface area contributed by atoms with Gasteiger partial charge >= 0.3 is 0 Å². The van der Waals surface area contributed by atoms with Crippen LogP contribution in [0.3, 0.4) is 0 Å². The Balaban J connectivity index is 2.45. The van der Waals surface area contributed by atoms with Gasteiger partial charge in [-0.15, -0.1) is 0 Å². The van der Waals surface area contributed by atoms with Gasteiger partial charge in [0, 0.05) is 12.8 Å². The van der Waals surface area contributed by atoms with Crippen LogP contribution in [-0.4, -0.2) is 30.0 Å². The molecule has 0 saturated carbocycles. The maximum Gasteiger partial charge on any atom is 0.201 e. The van der Waals surface area contributed by atoms with Crippen molar-refractivity contribution >= 4 is 26.8 Å². The number of hydrogen-bond donors (Lipinski definition) is 1. The second-order valence-electron chi connectivity index (χ2n) is 3.88. The molecule has 92 valence electrons. The molecule has 0 aliphatic rings. The normalized spacial score (nSPS) is 12.1. The Hall–Kier alpha value is -1.63. The van der Waals surface area contributed by atoms with Gasteiger partial charge in [0.1, 0.15) is 15.7 Å². The summed E-state index contributed by atoms with van der Waals surface area (Å²) in [7, 11) is -3.09. The molecule has 2 aromatic rings. The van der Waals surface area contributed by atoms with Gasteiger partial charge in [0.05, 0.1) is 16.8 Å². The van der Waals surface area contributed by atoms with Gasteiger partial charge in [0.15, 0.2) is 0 Å². The highest BCUT2D eigenvalue weighted by Crippen LogP contribution is 2.18. The fourth-order valence-corrected chi connectivity index (χ4v) is 2.12. The van der Waals surface area contributed by atoms with E-state index in [-0.39, 0.29) is 18.2 Å². The standard InChI is InChI=1S/C10H12FN3O2S/c1-17(15,16)5-4-14-9-6-7(11)2-3-8(9)13-10(14)12/h2-3,6H,4-5H2,1H3,(H2,12,13). The van der Waals surface area contributed by atoms with E-state index in [9.17, 15) is 12.8 Å². The molecule has 2 rings (SSSR count). The molecule has 0 spiro atoms. The second kappa shape index (κ2) is 3.99. The monoisotopic (exact) mass is 257 g/mol. The van der Waals surface area contributed by atoms with E-state index in [0.717, 1.165) is 6.26 Å². The van der Waals surface area contributed by atoms with Crippen LogP contribution in [0.1, 0.15) is 0 Å². The molecule has 17 heavy (non-hydrogen) atoms. The lowest BCUT2D eigenvalue weighted by Gasteiger charge is -2.05. The van der Waals surface area contributed by atoms with Crippen LogP contribution >= 0.6 is 0 Å². The minimum Gasteiger partial charge on any atom is -0.369 e. The summed E-state index contributed by atoms with van der Waals surface area (Å²) in [5.41, 5.74) is 6.73. The highest BCUT2D eigenvalue weighted by Gasteiger charge is 2.11. The SMILES string of the molecule is CS(=O)(=O)CCn1c(N)nc2ccc(F)cc21. The molecule has 1 aromatic heterocycles. The maximum absolute atomic E-state index is 13.1. The van der Waals surface area contributed by atoms with Gasteiger partial charge in [0.2, 0.25) is 5.95 Å². The highest BCUT2D eigenvalue weighted by molar-refractivity contribution is 7.90. The van der Waals surface area contributed by atoms with Crippen molar-refractivity contribution in [3.05, 3.63) is 24.0 Å². The molecule has 0 atom stereocenters. The number of aromatic nitrogens is 2. The van der Waals surface area contributed by atoms with Crippen LogP contribution in [0.15, 0.2) is 18.2 Å². The van der Waals surface area contributed by atoms with Gasteiger partial charge in [-0.05, 0) is 18.2 Å². The molecular weight excluding hydrogens is 245 g/mol. The molecular formula is C10H12FN3O2S. The van der Waals surface area contributed by atoms with Crippen molar-refractivity contribution in [2.24, 2.45) is 0 Å². The molecule has 0 radical (unpaired) electrons. The summed E-state index contributed by atoms with van der Waals surface area (Å²) in [5, 5.41) is 0. The van der Waals surface area contributed by atoms with E-state index in [1.807, 2.05) is 0 Å². The average Bonchev–Trinajstić information content (AvgIpc) is 2.49. The summed E-state index contributed by atoms with van der Waals surface area (Å²) in [6, 6.07) is 4.09. The van der Waals surface area contributed by atoms with E-state index in [1.165, 1.54) is 22.8 Å². The lowest BCUT2D eigenvalue weighted by atomic mass is 10.3. The van der Waals surface area contributed by atoms with Crippen molar-refractivity contribution < 1.29 is 12.8 Å². The molecule has 0 unspecified atom stereocenters. The zero-order chi connectivity index (χ0) is 12.6. The Bertz CT molecular complexity index is 663. The van der Waals surface area contributed by atoms with Crippen LogP contribution in [0.5, 0.6) is 0 Å². The van der Waals surface area contributed by atoms with Crippen LogP contribution in [0.4, 0.5) is 10.3 Å². The lowest BCUT2D eigenvalue weighted by molar-refractivity contribution is 0.596. The summed E-state index contributed by atoms with van der Waals surface area (Å²) in [4.78, 5) is 4.03. The number of anilines is 1. The number of benzene rings is 1. The Morgan fingerprint density at radius 2 is 2.18 bits per heavy atom. The van der Waals surface area contributed by atoms with Gasteiger partial charge in [-0.2, -0.15) is 0 Å². The van der Waals surface area contributed by atoms with E-state index in [2.05, 4.69) is 4.98 Å². The van der Waals surface area contributed by atoms with E-state index < -0.39 is 15.7 Å². The van der Waals surface area contributed by atoms with Crippen LogP contribution in [0.25, 0.3) is 11.0 Å². The minimum atomic E-state index is -3.09. The Kier molecular flexibility index (Phi) is 2.78. The maximum atomic E-state index is 13.1. The van der Waals surface area contributed by atoms with Crippen molar-refractivity contribution in [3.8, 4) is 0 Å². The third-order valence-electron chi connectivity index (χ3n) is 2.43. The van der Waals surface area contributed by atoms with Crippen LogP contribution < -0.4 is 5.73 Å². The average molecular weight is 257 g/mol. The summed E-state index contributed by atoms with van der Waals surface area (Å²) < 4.78 is 36.8. The first-order valence-corrected chi connectivity index (χ1v) is 7.02. The highest BCUT2D eigenvalue weighted by atomic mass is 32.2. The van der Waals surface area contributed by atoms with Crippen molar-refractivity contribution in [3.63, 3.8) is 0 Å². The van der Waals surface area contributed by atoms with Crippen molar-refractivity contribution in [2.45, 2.75) is 6.54 Å². The van der Waals surface area contributed by atoms with Gasteiger partial charge in [-0.1, -0.05) is 0 Å². The molecule has 5 nitrogen and oxygen atoms in total. The molecule has 0 aliphatic carbocycles. The number of fused-ring (bicyclic) bond motifs is 1. The summed E-state index contributed by atoms with van der Waals surface area (Å²) >= 11 is 0. The molecule has 1 aromatic carbocycles. The number of hydrogen-bond acceptors (Lipinski definition) is 4. The molecule has 7 heteroatoms.